The quantitative estimate of drug-likeness (QED) is 0.569. The number of benzene rings is 2. The smallest absolute Gasteiger partial charge is 0.194 e. The van der Waals surface area contributed by atoms with Crippen molar-refractivity contribution >= 4 is 11.6 Å². The van der Waals surface area contributed by atoms with Crippen LogP contribution >= 0.6 is 0 Å². The molecule has 0 saturated carbocycles. The van der Waals surface area contributed by atoms with Crippen LogP contribution in [0.5, 0.6) is 0 Å². The first-order valence-electron chi connectivity index (χ1n) is 11.2. The second-order valence-electron chi connectivity index (χ2n) is 8.18. The number of nitrogens with zero attached hydrogens (tertiary/aromatic N) is 4. The van der Waals surface area contributed by atoms with Crippen molar-refractivity contribution in [3.05, 3.63) is 65.2 Å². The van der Waals surface area contributed by atoms with Crippen LogP contribution in [-0.4, -0.2) is 75.3 Å². The summed E-state index contributed by atoms with van der Waals surface area (Å²) in [4.78, 5) is 10.9. The SMILES string of the molecule is CN=C(NCc1cccc(CN2CCOCC2)c1)N1CCN(c2cc(F)ccc2F)CC1. The van der Waals surface area contributed by atoms with Crippen molar-refractivity contribution in [3.63, 3.8) is 0 Å². The number of hydrogen-bond donors (Lipinski definition) is 1. The highest BCUT2D eigenvalue weighted by molar-refractivity contribution is 5.80. The summed E-state index contributed by atoms with van der Waals surface area (Å²) in [5, 5.41) is 3.45. The van der Waals surface area contributed by atoms with Crippen LogP contribution in [-0.2, 0) is 17.8 Å². The monoisotopic (exact) mass is 443 g/mol. The molecule has 6 nitrogen and oxygen atoms in total. The average Bonchev–Trinajstić information content (AvgIpc) is 2.82. The van der Waals surface area contributed by atoms with E-state index in [1.54, 1.807) is 7.05 Å². The second kappa shape index (κ2) is 10.7. The van der Waals surface area contributed by atoms with Gasteiger partial charge in [-0.05, 0) is 23.3 Å². The van der Waals surface area contributed by atoms with E-state index in [2.05, 4.69) is 44.4 Å². The van der Waals surface area contributed by atoms with Crippen LogP contribution < -0.4 is 10.2 Å². The van der Waals surface area contributed by atoms with E-state index in [-0.39, 0.29) is 5.82 Å². The van der Waals surface area contributed by atoms with Gasteiger partial charge in [0.1, 0.15) is 11.6 Å². The zero-order valence-electron chi connectivity index (χ0n) is 18.6. The van der Waals surface area contributed by atoms with Gasteiger partial charge in [0.2, 0.25) is 0 Å². The molecule has 0 atom stereocenters. The molecule has 2 heterocycles. The molecule has 2 aromatic rings. The standard InChI is InChI=1S/C24H31F2N5O/c1-27-24(31-9-7-30(8-10-31)23-16-21(25)5-6-22(23)26)28-17-19-3-2-4-20(15-19)18-29-11-13-32-14-12-29/h2-6,15-16H,7-14,17-18H2,1H3,(H,27,28). The Bertz CT molecular complexity index is 924. The number of rotatable bonds is 5. The van der Waals surface area contributed by atoms with Gasteiger partial charge in [-0.3, -0.25) is 9.89 Å². The van der Waals surface area contributed by atoms with Gasteiger partial charge in [-0.1, -0.05) is 24.3 Å². The third-order valence-electron chi connectivity index (χ3n) is 5.99. The second-order valence-corrected chi connectivity index (χ2v) is 8.18. The molecular formula is C24H31F2N5O. The van der Waals surface area contributed by atoms with Crippen molar-refractivity contribution in [2.75, 3.05) is 64.4 Å². The highest BCUT2D eigenvalue weighted by Crippen LogP contribution is 2.22. The number of guanidine groups is 1. The summed E-state index contributed by atoms with van der Waals surface area (Å²) in [6, 6.07) is 12.2. The fraction of sp³-hybridized carbons (Fsp3) is 0.458. The number of anilines is 1. The van der Waals surface area contributed by atoms with Gasteiger partial charge in [0.15, 0.2) is 5.96 Å². The van der Waals surface area contributed by atoms with Gasteiger partial charge in [0.05, 0.1) is 18.9 Å². The van der Waals surface area contributed by atoms with E-state index in [9.17, 15) is 8.78 Å². The molecule has 0 aromatic heterocycles. The van der Waals surface area contributed by atoms with Crippen LogP contribution in [0.1, 0.15) is 11.1 Å². The molecule has 8 heteroatoms. The van der Waals surface area contributed by atoms with Crippen molar-refractivity contribution in [1.29, 1.82) is 0 Å². The minimum atomic E-state index is -0.419. The minimum absolute atomic E-state index is 0.324. The summed E-state index contributed by atoms with van der Waals surface area (Å²) < 4.78 is 33.1. The van der Waals surface area contributed by atoms with Crippen LogP contribution in [0.4, 0.5) is 14.5 Å². The largest absolute Gasteiger partial charge is 0.379 e. The predicted molar refractivity (Wildman–Crippen MR) is 123 cm³/mol. The van der Waals surface area contributed by atoms with Gasteiger partial charge in [-0.2, -0.15) is 0 Å². The molecule has 2 fully saturated rings. The van der Waals surface area contributed by atoms with Crippen molar-refractivity contribution in [1.82, 2.24) is 15.1 Å². The topological polar surface area (TPSA) is 43.3 Å². The summed E-state index contributed by atoms with van der Waals surface area (Å²) in [5.41, 5.74) is 2.83. The number of halogens is 2. The maximum Gasteiger partial charge on any atom is 0.194 e. The molecule has 0 spiro atoms. The maximum atomic E-state index is 14.1. The Hall–Kier alpha value is -2.71. The van der Waals surface area contributed by atoms with Gasteiger partial charge < -0.3 is 19.9 Å². The molecule has 32 heavy (non-hydrogen) atoms. The fourth-order valence-corrected chi connectivity index (χ4v) is 4.26. The first-order valence-corrected chi connectivity index (χ1v) is 11.2. The lowest BCUT2D eigenvalue weighted by molar-refractivity contribution is 0.0342. The summed E-state index contributed by atoms with van der Waals surface area (Å²) in [6.45, 7) is 7.76. The maximum absolute atomic E-state index is 14.1. The molecule has 0 radical (unpaired) electrons. The summed E-state index contributed by atoms with van der Waals surface area (Å²) >= 11 is 0. The van der Waals surface area contributed by atoms with Crippen LogP contribution in [0.25, 0.3) is 0 Å². The molecule has 2 aliphatic heterocycles. The summed E-state index contributed by atoms with van der Waals surface area (Å²) in [5.74, 6) is 0.0134. The first kappa shape index (κ1) is 22.5. The molecule has 2 aromatic carbocycles. The Labute approximate surface area is 188 Å². The lowest BCUT2D eigenvalue weighted by Crippen LogP contribution is -2.52. The van der Waals surface area contributed by atoms with E-state index in [1.807, 2.05) is 4.90 Å². The van der Waals surface area contributed by atoms with Crippen molar-refractivity contribution in [2.45, 2.75) is 13.1 Å². The van der Waals surface area contributed by atoms with Gasteiger partial charge in [-0.25, -0.2) is 8.78 Å². The van der Waals surface area contributed by atoms with E-state index in [1.165, 1.54) is 23.3 Å². The minimum Gasteiger partial charge on any atom is -0.379 e. The van der Waals surface area contributed by atoms with Gasteiger partial charge in [0.25, 0.3) is 0 Å². The Morgan fingerprint density at radius 2 is 1.72 bits per heavy atom. The molecule has 172 valence electrons. The van der Waals surface area contributed by atoms with E-state index >= 15 is 0 Å². The van der Waals surface area contributed by atoms with Gasteiger partial charge in [0, 0.05) is 65.5 Å². The molecule has 4 rings (SSSR count). The Morgan fingerprint density at radius 1 is 0.969 bits per heavy atom. The normalized spacial score (nSPS) is 18.2. The lowest BCUT2D eigenvalue weighted by atomic mass is 10.1. The summed E-state index contributed by atoms with van der Waals surface area (Å²) in [6.07, 6.45) is 0. The highest BCUT2D eigenvalue weighted by Gasteiger charge is 2.22. The third kappa shape index (κ3) is 5.75. The predicted octanol–water partition coefficient (Wildman–Crippen LogP) is 2.69. The number of piperazine rings is 1. The number of ether oxygens (including phenoxy) is 1. The molecule has 0 aliphatic carbocycles. The Balaban J connectivity index is 1.30. The number of aliphatic imine (C=N–C) groups is 1. The lowest BCUT2D eigenvalue weighted by Gasteiger charge is -2.37. The van der Waals surface area contributed by atoms with Crippen molar-refractivity contribution in [3.8, 4) is 0 Å². The van der Waals surface area contributed by atoms with Crippen LogP contribution in [0, 0.1) is 11.6 Å². The van der Waals surface area contributed by atoms with E-state index < -0.39 is 5.82 Å². The Morgan fingerprint density at radius 3 is 2.47 bits per heavy atom. The highest BCUT2D eigenvalue weighted by atomic mass is 19.1. The van der Waals surface area contributed by atoms with E-state index in [0.717, 1.165) is 44.9 Å². The van der Waals surface area contributed by atoms with E-state index in [4.69, 9.17) is 4.74 Å². The van der Waals surface area contributed by atoms with Crippen LogP contribution in [0.3, 0.4) is 0 Å². The fourth-order valence-electron chi connectivity index (χ4n) is 4.26. The van der Waals surface area contributed by atoms with Gasteiger partial charge >= 0.3 is 0 Å². The van der Waals surface area contributed by atoms with Gasteiger partial charge in [-0.15, -0.1) is 0 Å². The number of nitrogens with one attached hydrogen (secondary N) is 1. The zero-order valence-corrected chi connectivity index (χ0v) is 18.6. The molecular weight excluding hydrogens is 412 g/mol. The van der Waals surface area contributed by atoms with Crippen LogP contribution in [0.2, 0.25) is 0 Å². The molecule has 0 amide bonds. The van der Waals surface area contributed by atoms with Crippen molar-refractivity contribution in [2.24, 2.45) is 4.99 Å². The van der Waals surface area contributed by atoms with Crippen molar-refractivity contribution < 1.29 is 13.5 Å². The third-order valence-corrected chi connectivity index (χ3v) is 5.99. The molecule has 2 saturated heterocycles. The Kier molecular flexibility index (Phi) is 7.55. The molecule has 1 N–H and O–H groups in total. The average molecular weight is 444 g/mol. The number of hydrogen-bond acceptors (Lipinski definition) is 4. The first-order chi connectivity index (χ1) is 15.6. The molecule has 2 aliphatic rings. The summed E-state index contributed by atoms with van der Waals surface area (Å²) in [7, 11) is 1.77. The number of morpholine rings is 1. The molecule has 0 unspecified atom stereocenters. The van der Waals surface area contributed by atoms with E-state index in [0.29, 0.717) is 38.4 Å². The zero-order chi connectivity index (χ0) is 22.3. The molecule has 0 bridgehead atoms. The van der Waals surface area contributed by atoms with Crippen LogP contribution in [0.15, 0.2) is 47.5 Å².